The Morgan fingerprint density at radius 1 is 0.333 bits per heavy atom. The Kier molecular flexibility index (Phi) is 6.34. The van der Waals surface area contributed by atoms with Crippen LogP contribution in [-0.2, 0) is 0 Å². The molecule has 144 valence electrons. The summed E-state index contributed by atoms with van der Waals surface area (Å²) in [6.45, 7) is 0. The number of benzene rings is 1. The van der Waals surface area contributed by atoms with Crippen LogP contribution in [0.1, 0.15) is 33.4 Å². The van der Waals surface area contributed by atoms with Crippen LogP contribution in [-0.4, -0.2) is 15.0 Å². The maximum atomic E-state index is 4.07. The first kappa shape index (κ1) is 19.2. The number of hydrogen-bond acceptors (Lipinski definition) is 3. The lowest BCUT2D eigenvalue weighted by atomic mass is 10.0. The van der Waals surface area contributed by atoms with Crippen molar-refractivity contribution in [2.45, 2.75) is 0 Å². The lowest BCUT2D eigenvalue weighted by molar-refractivity contribution is 1.32. The molecule has 3 heterocycles. The van der Waals surface area contributed by atoms with Crippen LogP contribution >= 0.6 is 0 Å². The van der Waals surface area contributed by atoms with Crippen molar-refractivity contribution in [1.82, 2.24) is 15.0 Å². The van der Waals surface area contributed by atoms with Gasteiger partial charge in [-0.25, -0.2) is 0 Å². The number of nitrogens with zero attached hydrogens (tertiary/aromatic N) is 3. The monoisotopic (exact) mass is 387 g/mol. The van der Waals surface area contributed by atoms with Gasteiger partial charge in [0.25, 0.3) is 0 Å². The van der Waals surface area contributed by atoms with Gasteiger partial charge in [-0.05, 0) is 88.0 Å². The topological polar surface area (TPSA) is 38.7 Å². The normalized spacial score (nSPS) is 11.6. The maximum absolute atomic E-state index is 4.07. The lowest BCUT2D eigenvalue weighted by Gasteiger charge is -2.03. The van der Waals surface area contributed by atoms with E-state index in [0.717, 1.165) is 33.4 Å². The van der Waals surface area contributed by atoms with E-state index in [1.807, 2.05) is 36.4 Å². The predicted molar refractivity (Wildman–Crippen MR) is 126 cm³/mol. The Bertz CT molecular complexity index is 999. The first-order chi connectivity index (χ1) is 14.8. The average molecular weight is 387 g/mol. The zero-order chi connectivity index (χ0) is 20.4. The van der Waals surface area contributed by atoms with Gasteiger partial charge < -0.3 is 0 Å². The number of rotatable bonds is 6. The molecule has 4 rings (SSSR count). The summed E-state index contributed by atoms with van der Waals surface area (Å²) in [5.41, 5.74) is 6.78. The molecule has 0 radical (unpaired) electrons. The minimum Gasteiger partial charge on any atom is -0.265 e. The molecule has 0 aliphatic carbocycles. The molecule has 3 nitrogen and oxygen atoms in total. The maximum Gasteiger partial charge on any atom is 0.0273 e. The molecular formula is C27H21N3. The number of hydrogen-bond donors (Lipinski definition) is 0. The molecule has 4 aromatic rings. The van der Waals surface area contributed by atoms with Crippen LogP contribution in [0.4, 0.5) is 0 Å². The molecule has 0 atom stereocenters. The third kappa shape index (κ3) is 5.69. The van der Waals surface area contributed by atoms with Crippen LogP contribution < -0.4 is 0 Å². The molecule has 0 N–H and O–H groups in total. The Morgan fingerprint density at radius 2 is 0.567 bits per heavy atom. The molecule has 1 aromatic carbocycles. The van der Waals surface area contributed by atoms with E-state index in [1.165, 1.54) is 0 Å². The van der Waals surface area contributed by atoms with Crippen LogP contribution in [0, 0.1) is 0 Å². The van der Waals surface area contributed by atoms with Crippen molar-refractivity contribution in [3.05, 3.63) is 125 Å². The zero-order valence-electron chi connectivity index (χ0n) is 16.5. The van der Waals surface area contributed by atoms with Crippen molar-refractivity contribution in [3.8, 4) is 0 Å². The van der Waals surface area contributed by atoms with Gasteiger partial charge in [0, 0.05) is 37.2 Å². The number of pyridine rings is 3. The molecule has 0 aliphatic heterocycles. The quantitative estimate of drug-likeness (QED) is 0.385. The van der Waals surface area contributed by atoms with Gasteiger partial charge in [0.1, 0.15) is 0 Å². The van der Waals surface area contributed by atoms with Gasteiger partial charge in [-0.2, -0.15) is 0 Å². The largest absolute Gasteiger partial charge is 0.265 e. The van der Waals surface area contributed by atoms with Crippen LogP contribution in [0.5, 0.6) is 0 Å². The lowest BCUT2D eigenvalue weighted by Crippen LogP contribution is -1.82. The van der Waals surface area contributed by atoms with Crippen LogP contribution in [0.2, 0.25) is 0 Å². The van der Waals surface area contributed by atoms with E-state index in [2.05, 4.69) is 69.6 Å². The van der Waals surface area contributed by atoms with Gasteiger partial charge in [-0.15, -0.1) is 0 Å². The van der Waals surface area contributed by atoms with Gasteiger partial charge in [0.05, 0.1) is 0 Å². The Labute approximate surface area is 176 Å². The molecule has 3 heteroatoms. The van der Waals surface area contributed by atoms with Gasteiger partial charge >= 0.3 is 0 Å². The van der Waals surface area contributed by atoms with Gasteiger partial charge in [-0.1, -0.05) is 36.5 Å². The second-order valence-electron chi connectivity index (χ2n) is 6.77. The van der Waals surface area contributed by atoms with Gasteiger partial charge in [0.2, 0.25) is 0 Å². The molecule has 0 aliphatic rings. The molecule has 0 unspecified atom stereocenters. The second kappa shape index (κ2) is 9.89. The highest BCUT2D eigenvalue weighted by Gasteiger charge is 1.97. The molecule has 30 heavy (non-hydrogen) atoms. The summed E-state index contributed by atoms with van der Waals surface area (Å²) in [6, 6.07) is 18.5. The summed E-state index contributed by atoms with van der Waals surface area (Å²) < 4.78 is 0. The fraction of sp³-hybridized carbons (Fsp3) is 0. The van der Waals surface area contributed by atoms with Crippen molar-refractivity contribution in [2.75, 3.05) is 0 Å². The fourth-order valence-corrected chi connectivity index (χ4v) is 2.99. The van der Waals surface area contributed by atoms with E-state index >= 15 is 0 Å². The SMILES string of the molecule is C(=C/c1cc(/C=C\c2ccncc2)cc(/C=C\c2ccncc2)c1)/c1ccncc1. The third-order valence-electron chi connectivity index (χ3n) is 4.52. The van der Waals surface area contributed by atoms with Crippen molar-refractivity contribution in [2.24, 2.45) is 0 Å². The molecular weight excluding hydrogens is 366 g/mol. The fourth-order valence-electron chi connectivity index (χ4n) is 2.99. The average Bonchev–Trinajstić information content (AvgIpc) is 2.82. The smallest absolute Gasteiger partial charge is 0.0273 e. The standard InChI is InChI=1S/C27H21N3/c1(22-7-13-28-14-8-22)4-25-19-26(5-2-23-9-15-29-16-10-23)21-27(20-25)6-3-24-11-17-30-18-12-24/h1-21H/b4-1-,5-2-,6-3-. The second-order valence-corrected chi connectivity index (χ2v) is 6.77. The summed E-state index contributed by atoms with van der Waals surface area (Å²) in [6.07, 6.45) is 23.5. The van der Waals surface area contributed by atoms with Crippen molar-refractivity contribution >= 4 is 36.5 Å². The predicted octanol–water partition coefficient (Wildman–Crippen LogP) is 6.38. The molecule has 0 saturated carbocycles. The molecule has 0 saturated heterocycles. The summed E-state index contributed by atoms with van der Waals surface area (Å²) in [5, 5.41) is 0. The molecule has 0 fully saturated rings. The van der Waals surface area contributed by atoms with Crippen molar-refractivity contribution < 1.29 is 0 Å². The van der Waals surface area contributed by atoms with E-state index in [4.69, 9.17) is 0 Å². The molecule has 0 amide bonds. The zero-order valence-corrected chi connectivity index (χ0v) is 16.5. The highest BCUT2D eigenvalue weighted by atomic mass is 14.6. The Hall–Kier alpha value is -4.11. The van der Waals surface area contributed by atoms with Crippen LogP contribution in [0.25, 0.3) is 36.5 Å². The Morgan fingerprint density at radius 3 is 0.833 bits per heavy atom. The van der Waals surface area contributed by atoms with Crippen LogP contribution in [0.3, 0.4) is 0 Å². The Balaban J connectivity index is 1.65. The van der Waals surface area contributed by atoms with Crippen molar-refractivity contribution in [1.29, 1.82) is 0 Å². The molecule has 0 bridgehead atoms. The third-order valence-corrected chi connectivity index (χ3v) is 4.52. The van der Waals surface area contributed by atoms with E-state index < -0.39 is 0 Å². The van der Waals surface area contributed by atoms with Gasteiger partial charge in [0.15, 0.2) is 0 Å². The van der Waals surface area contributed by atoms with E-state index in [-0.39, 0.29) is 0 Å². The van der Waals surface area contributed by atoms with Gasteiger partial charge in [-0.3, -0.25) is 15.0 Å². The van der Waals surface area contributed by atoms with E-state index in [1.54, 1.807) is 37.2 Å². The van der Waals surface area contributed by atoms with Crippen molar-refractivity contribution in [3.63, 3.8) is 0 Å². The van der Waals surface area contributed by atoms with Crippen LogP contribution in [0.15, 0.2) is 91.8 Å². The minimum atomic E-state index is 1.12. The summed E-state index contributed by atoms with van der Waals surface area (Å²) >= 11 is 0. The summed E-state index contributed by atoms with van der Waals surface area (Å²) in [5.74, 6) is 0. The number of aromatic nitrogens is 3. The summed E-state index contributed by atoms with van der Waals surface area (Å²) in [4.78, 5) is 12.2. The molecule has 0 spiro atoms. The first-order valence-corrected chi connectivity index (χ1v) is 9.75. The van der Waals surface area contributed by atoms with E-state index in [0.29, 0.717) is 0 Å². The highest BCUT2D eigenvalue weighted by Crippen LogP contribution is 2.18. The highest BCUT2D eigenvalue weighted by molar-refractivity contribution is 5.78. The summed E-state index contributed by atoms with van der Waals surface area (Å²) in [7, 11) is 0. The molecule has 3 aromatic heterocycles. The minimum absolute atomic E-state index is 1.12. The van der Waals surface area contributed by atoms with E-state index in [9.17, 15) is 0 Å². The first-order valence-electron chi connectivity index (χ1n) is 9.75.